The van der Waals surface area contributed by atoms with Gasteiger partial charge >= 0.3 is 6.09 Å². The molecule has 0 spiro atoms. The molecular formula is C19H33FN4O6S. The SMILES string of the molecule is CC(C)(C)OC(=O)N(CC(=O)N1C[C@@H](F)C[C@H]1C(N)=O)C1(C)CCN(S(C)(=O)=O)CC1. The molecule has 2 aliphatic rings. The first-order valence-electron chi connectivity index (χ1n) is 10.2. The maximum absolute atomic E-state index is 13.9. The highest BCUT2D eigenvalue weighted by molar-refractivity contribution is 7.88. The van der Waals surface area contributed by atoms with E-state index in [0.29, 0.717) is 0 Å². The van der Waals surface area contributed by atoms with Gasteiger partial charge in [0.1, 0.15) is 24.4 Å². The van der Waals surface area contributed by atoms with Gasteiger partial charge in [-0.3, -0.25) is 14.5 Å². The molecule has 0 aliphatic carbocycles. The van der Waals surface area contributed by atoms with Crippen LogP contribution >= 0.6 is 0 Å². The predicted octanol–water partition coefficient (Wildman–Crippen LogP) is 0.462. The number of carbonyl (C=O) groups is 3. The Bertz CT molecular complexity index is 820. The molecule has 0 aromatic heterocycles. The van der Waals surface area contributed by atoms with Crippen LogP contribution in [0.2, 0.25) is 0 Å². The third kappa shape index (κ3) is 6.28. The van der Waals surface area contributed by atoms with E-state index in [1.54, 1.807) is 27.7 Å². The van der Waals surface area contributed by atoms with E-state index in [4.69, 9.17) is 10.5 Å². The minimum Gasteiger partial charge on any atom is -0.444 e. The summed E-state index contributed by atoms with van der Waals surface area (Å²) < 4.78 is 44.4. The van der Waals surface area contributed by atoms with Crippen molar-refractivity contribution >= 4 is 27.9 Å². The average molecular weight is 465 g/mol. The summed E-state index contributed by atoms with van der Waals surface area (Å²) in [5.74, 6) is -1.41. The van der Waals surface area contributed by atoms with E-state index in [1.165, 1.54) is 9.21 Å². The van der Waals surface area contributed by atoms with E-state index < -0.39 is 57.8 Å². The molecule has 0 radical (unpaired) electrons. The third-order valence-corrected chi connectivity index (χ3v) is 7.03. The molecule has 2 heterocycles. The first-order valence-corrected chi connectivity index (χ1v) is 12.1. The molecule has 2 N–H and O–H groups in total. The van der Waals surface area contributed by atoms with Crippen LogP contribution in [0.15, 0.2) is 0 Å². The van der Waals surface area contributed by atoms with Crippen LogP contribution in [-0.4, -0.2) is 96.2 Å². The zero-order valence-electron chi connectivity index (χ0n) is 18.8. The number of ether oxygens (including phenoxy) is 1. The van der Waals surface area contributed by atoms with Gasteiger partial charge in [0.2, 0.25) is 21.8 Å². The van der Waals surface area contributed by atoms with E-state index in [1.807, 2.05) is 0 Å². The van der Waals surface area contributed by atoms with Crippen LogP contribution in [0, 0.1) is 0 Å². The highest BCUT2D eigenvalue weighted by Gasteiger charge is 2.45. The van der Waals surface area contributed by atoms with Gasteiger partial charge in [-0.1, -0.05) is 0 Å². The summed E-state index contributed by atoms with van der Waals surface area (Å²) in [5.41, 5.74) is 3.63. The standard InChI is InChI=1S/C19H33FN4O6S/c1-18(2,3)30-17(27)24(19(4)6-8-22(9-7-19)31(5,28)29)12-15(25)23-11-13(20)10-14(23)16(21)26/h13-14H,6-12H2,1-5H3,(H2,21,26)/t13-,14-/m0/s1. The molecule has 2 saturated heterocycles. The van der Waals surface area contributed by atoms with Crippen molar-refractivity contribution in [2.45, 2.75) is 70.3 Å². The number of alkyl halides is 1. The van der Waals surface area contributed by atoms with E-state index in [0.717, 1.165) is 11.2 Å². The Kier molecular flexibility index (Phi) is 7.26. The number of sulfonamides is 1. The maximum atomic E-state index is 13.9. The van der Waals surface area contributed by atoms with Gasteiger partial charge in [0, 0.05) is 25.0 Å². The van der Waals surface area contributed by atoms with Crippen LogP contribution in [0.1, 0.15) is 47.0 Å². The molecule has 2 fully saturated rings. The monoisotopic (exact) mass is 464 g/mol. The fraction of sp³-hybridized carbons (Fsp3) is 0.842. The second-order valence-corrected chi connectivity index (χ2v) is 11.5. The molecule has 3 amide bonds. The van der Waals surface area contributed by atoms with Crippen molar-refractivity contribution in [3.05, 3.63) is 0 Å². The van der Waals surface area contributed by atoms with Gasteiger partial charge in [0.15, 0.2) is 0 Å². The molecule has 2 aliphatic heterocycles. The maximum Gasteiger partial charge on any atom is 0.411 e. The van der Waals surface area contributed by atoms with Crippen molar-refractivity contribution in [1.29, 1.82) is 0 Å². The Morgan fingerprint density at radius 1 is 1.23 bits per heavy atom. The number of carbonyl (C=O) groups excluding carboxylic acids is 3. The lowest BCUT2D eigenvalue weighted by Gasteiger charge is -2.46. The number of hydrogen-bond donors (Lipinski definition) is 1. The summed E-state index contributed by atoms with van der Waals surface area (Å²) >= 11 is 0. The average Bonchev–Trinajstić information content (AvgIpc) is 2.99. The fourth-order valence-electron chi connectivity index (χ4n) is 3.92. The lowest BCUT2D eigenvalue weighted by molar-refractivity contribution is -0.139. The van der Waals surface area contributed by atoms with Crippen molar-refractivity contribution in [1.82, 2.24) is 14.1 Å². The zero-order chi connectivity index (χ0) is 23.8. The van der Waals surface area contributed by atoms with Gasteiger partial charge in [0.25, 0.3) is 0 Å². The largest absolute Gasteiger partial charge is 0.444 e. The van der Waals surface area contributed by atoms with Gasteiger partial charge in [-0.2, -0.15) is 0 Å². The van der Waals surface area contributed by atoms with Crippen LogP contribution in [0.5, 0.6) is 0 Å². The Morgan fingerprint density at radius 3 is 2.23 bits per heavy atom. The van der Waals surface area contributed by atoms with Gasteiger partial charge in [0.05, 0.1) is 12.8 Å². The van der Waals surface area contributed by atoms with Gasteiger partial charge in [-0.15, -0.1) is 0 Å². The second kappa shape index (κ2) is 8.89. The van der Waals surface area contributed by atoms with Gasteiger partial charge in [-0.05, 0) is 40.5 Å². The number of amides is 3. The van der Waals surface area contributed by atoms with E-state index in [-0.39, 0.29) is 38.9 Å². The Balaban J connectivity index is 2.26. The molecule has 10 nitrogen and oxygen atoms in total. The van der Waals surface area contributed by atoms with Crippen molar-refractivity contribution in [3.63, 3.8) is 0 Å². The highest BCUT2D eigenvalue weighted by Crippen LogP contribution is 2.32. The lowest BCUT2D eigenvalue weighted by Crippen LogP contribution is -2.60. The zero-order valence-corrected chi connectivity index (χ0v) is 19.6. The van der Waals surface area contributed by atoms with Crippen LogP contribution in [0.3, 0.4) is 0 Å². The third-order valence-electron chi connectivity index (χ3n) is 5.73. The van der Waals surface area contributed by atoms with Crippen LogP contribution < -0.4 is 5.73 Å². The normalized spacial score (nSPS) is 24.6. The quantitative estimate of drug-likeness (QED) is 0.629. The minimum atomic E-state index is -3.38. The molecule has 0 aromatic carbocycles. The molecule has 2 rings (SSSR count). The van der Waals surface area contributed by atoms with Gasteiger partial charge in [-0.25, -0.2) is 21.9 Å². The molecular weight excluding hydrogens is 431 g/mol. The van der Waals surface area contributed by atoms with Crippen molar-refractivity contribution in [2.24, 2.45) is 5.73 Å². The number of primary amides is 1. The van der Waals surface area contributed by atoms with Crippen molar-refractivity contribution in [2.75, 3.05) is 32.4 Å². The molecule has 31 heavy (non-hydrogen) atoms. The molecule has 178 valence electrons. The van der Waals surface area contributed by atoms with E-state index in [9.17, 15) is 27.2 Å². The molecule has 12 heteroatoms. The number of nitrogens with two attached hydrogens (primary N) is 1. The lowest BCUT2D eigenvalue weighted by atomic mass is 9.88. The van der Waals surface area contributed by atoms with Gasteiger partial charge < -0.3 is 15.4 Å². The summed E-state index contributed by atoms with van der Waals surface area (Å²) in [4.78, 5) is 40.0. The Hall–Kier alpha value is -1.95. The van der Waals surface area contributed by atoms with Crippen molar-refractivity contribution < 1.29 is 31.9 Å². The number of likely N-dealkylation sites (tertiary alicyclic amines) is 1. The minimum absolute atomic E-state index is 0.173. The molecule has 2 atom stereocenters. The molecule has 0 bridgehead atoms. The Morgan fingerprint density at radius 2 is 1.77 bits per heavy atom. The van der Waals surface area contributed by atoms with Crippen LogP contribution in [0.25, 0.3) is 0 Å². The van der Waals surface area contributed by atoms with E-state index >= 15 is 0 Å². The second-order valence-electron chi connectivity index (χ2n) is 9.52. The first-order chi connectivity index (χ1) is 14.0. The van der Waals surface area contributed by atoms with Crippen molar-refractivity contribution in [3.8, 4) is 0 Å². The topological polar surface area (TPSA) is 130 Å². The number of rotatable bonds is 5. The summed E-state index contributed by atoms with van der Waals surface area (Å²) in [6.45, 7) is 6.50. The van der Waals surface area contributed by atoms with E-state index in [2.05, 4.69) is 0 Å². The molecule has 0 unspecified atom stereocenters. The number of nitrogens with zero attached hydrogens (tertiary/aromatic N) is 3. The predicted molar refractivity (Wildman–Crippen MR) is 111 cm³/mol. The molecule has 0 aromatic rings. The Labute approximate surface area is 182 Å². The number of piperidine rings is 1. The summed E-state index contributed by atoms with van der Waals surface area (Å²) in [7, 11) is -3.38. The fourth-order valence-corrected chi connectivity index (χ4v) is 4.76. The molecule has 0 saturated carbocycles. The van der Waals surface area contributed by atoms with Crippen LogP contribution in [0.4, 0.5) is 9.18 Å². The first kappa shape index (κ1) is 25.3. The summed E-state index contributed by atoms with van der Waals surface area (Å²) in [6.07, 6.45) is -0.577. The summed E-state index contributed by atoms with van der Waals surface area (Å²) in [5, 5.41) is 0. The number of halogens is 1. The number of hydrogen-bond acceptors (Lipinski definition) is 6. The smallest absolute Gasteiger partial charge is 0.411 e. The highest BCUT2D eigenvalue weighted by atomic mass is 32.2. The summed E-state index contributed by atoms with van der Waals surface area (Å²) in [6, 6.07) is -1.07. The van der Waals surface area contributed by atoms with Crippen LogP contribution in [-0.2, 0) is 24.3 Å².